The van der Waals surface area contributed by atoms with Crippen LogP contribution in [0, 0.1) is 0 Å². The molecule has 0 saturated heterocycles. The molecule has 114 valence electrons. The van der Waals surface area contributed by atoms with Crippen molar-refractivity contribution in [1.29, 1.82) is 0 Å². The molecule has 0 amide bonds. The first-order valence-corrected chi connectivity index (χ1v) is 7.75. The van der Waals surface area contributed by atoms with Crippen LogP contribution >= 0.6 is 11.5 Å². The Kier molecular flexibility index (Phi) is 6.10. The first-order chi connectivity index (χ1) is 10.3. The van der Waals surface area contributed by atoms with Gasteiger partial charge in [0.1, 0.15) is 18.5 Å². The summed E-state index contributed by atoms with van der Waals surface area (Å²) in [6, 6.07) is 7.48. The van der Waals surface area contributed by atoms with Gasteiger partial charge in [0.05, 0.1) is 17.2 Å². The average molecular weight is 308 g/mol. The molecule has 0 fully saturated rings. The number of ether oxygens (including phenoxy) is 2. The van der Waals surface area contributed by atoms with Crippen LogP contribution in [0.1, 0.15) is 35.6 Å². The van der Waals surface area contributed by atoms with E-state index in [1.54, 1.807) is 7.11 Å². The molecule has 0 bridgehead atoms. The fraction of sp³-hybridized carbons (Fsp3) is 0.467. The molecule has 1 aromatic heterocycles. The molecule has 21 heavy (non-hydrogen) atoms. The summed E-state index contributed by atoms with van der Waals surface area (Å²) in [4.78, 5) is 0.791. The van der Waals surface area contributed by atoms with Crippen LogP contribution in [0.15, 0.2) is 24.3 Å². The zero-order valence-electron chi connectivity index (χ0n) is 12.3. The van der Waals surface area contributed by atoms with Crippen molar-refractivity contribution in [1.82, 2.24) is 9.59 Å². The van der Waals surface area contributed by atoms with Gasteiger partial charge in [-0.2, -0.15) is 0 Å². The number of aliphatic hydroxyl groups excluding tert-OH is 1. The molecule has 1 aromatic carbocycles. The third kappa shape index (κ3) is 4.00. The number of aromatic nitrogens is 2. The van der Waals surface area contributed by atoms with Crippen LogP contribution in [0.25, 0.3) is 0 Å². The zero-order chi connectivity index (χ0) is 15.1. The quantitative estimate of drug-likeness (QED) is 0.759. The summed E-state index contributed by atoms with van der Waals surface area (Å²) in [5.74, 6) is 0.665. The molecule has 0 radical (unpaired) electrons. The fourth-order valence-electron chi connectivity index (χ4n) is 2.05. The second-order valence-electron chi connectivity index (χ2n) is 4.62. The van der Waals surface area contributed by atoms with E-state index in [9.17, 15) is 5.11 Å². The van der Waals surface area contributed by atoms with Gasteiger partial charge < -0.3 is 14.6 Å². The summed E-state index contributed by atoms with van der Waals surface area (Å²) in [6.07, 6.45) is 1.03. The molecule has 2 rings (SSSR count). The summed E-state index contributed by atoms with van der Waals surface area (Å²) in [5.41, 5.74) is 1.60. The van der Waals surface area contributed by atoms with Crippen molar-refractivity contribution in [2.24, 2.45) is 0 Å². The lowest BCUT2D eigenvalue weighted by atomic mass is 10.0. The molecular weight excluding hydrogens is 288 g/mol. The number of nitrogens with zero attached hydrogens (tertiary/aromatic N) is 2. The van der Waals surface area contributed by atoms with Crippen LogP contribution in [0.2, 0.25) is 0 Å². The van der Waals surface area contributed by atoms with Crippen LogP contribution < -0.4 is 4.74 Å². The number of hydrogen-bond acceptors (Lipinski definition) is 6. The number of rotatable bonds is 8. The predicted octanol–water partition coefficient (Wildman–Crippen LogP) is 2.60. The van der Waals surface area contributed by atoms with Gasteiger partial charge >= 0.3 is 0 Å². The minimum Gasteiger partial charge on any atom is -0.491 e. The molecule has 1 N–H and O–H groups in total. The zero-order valence-corrected chi connectivity index (χ0v) is 13.1. The van der Waals surface area contributed by atoms with Gasteiger partial charge in [-0.15, -0.1) is 5.10 Å². The average Bonchev–Trinajstić information content (AvgIpc) is 2.96. The molecule has 1 atom stereocenters. The summed E-state index contributed by atoms with van der Waals surface area (Å²) < 4.78 is 14.6. The molecule has 6 heteroatoms. The van der Waals surface area contributed by atoms with E-state index in [-0.39, 0.29) is 0 Å². The molecule has 2 aromatic rings. The van der Waals surface area contributed by atoms with E-state index in [0.717, 1.165) is 29.0 Å². The summed E-state index contributed by atoms with van der Waals surface area (Å²) in [5, 5.41) is 14.8. The van der Waals surface area contributed by atoms with Crippen LogP contribution in [0.4, 0.5) is 0 Å². The lowest BCUT2D eigenvalue weighted by molar-refractivity contribution is 0.142. The number of aryl methyl sites for hydroxylation is 1. The maximum atomic E-state index is 10.6. The topological polar surface area (TPSA) is 64.5 Å². The highest BCUT2D eigenvalue weighted by atomic mass is 32.1. The predicted molar refractivity (Wildman–Crippen MR) is 81.8 cm³/mol. The Hall–Kier alpha value is -1.50. The lowest BCUT2D eigenvalue weighted by Crippen LogP contribution is -2.08. The third-order valence-electron chi connectivity index (χ3n) is 3.08. The summed E-state index contributed by atoms with van der Waals surface area (Å²) in [7, 11) is 1.63. The molecule has 0 aliphatic carbocycles. The van der Waals surface area contributed by atoms with Crippen molar-refractivity contribution in [3.05, 3.63) is 40.4 Å². The normalized spacial score (nSPS) is 12.3. The number of para-hydroxylation sites is 1. The van der Waals surface area contributed by atoms with E-state index in [4.69, 9.17) is 9.47 Å². The Morgan fingerprint density at radius 1 is 1.29 bits per heavy atom. The first-order valence-electron chi connectivity index (χ1n) is 6.97. The van der Waals surface area contributed by atoms with Crippen LogP contribution in [0.5, 0.6) is 5.75 Å². The van der Waals surface area contributed by atoms with Gasteiger partial charge in [0.25, 0.3) is 0 Å². The molecule has 1 heterocycles. The Morgan fingerprint density at radius 3 is 2.86 bits per heavy atom. The van der Waals surface area contributed by atoms with Crippen molar-refractivity contribution in [2.45, 2.75) is 25.9 Å². The summed E-state index contributed by atoms with van der Waals surface area (Å²) >= 11 is 1.24. The van der Waals surface area contributed by atoms with Crippen molar-refractivity contribution in [3.8, 4) is 5.75 Å². The second-order valence-corrected chi connectivity index (χ2v) is 5.40. The monoisotopic (exact) mass is 308 g/mol. The maximum Gasteiger partial charge on any atom is 0.125 e. The maximum absolute atomic E-state index is 10.6. The van der Waals surface area contributed by atoms with E-state index in [1.807, 2.05) is 24.3 Å². The lowest BCUT2D eigenvalue weighted by Gasteiger charge is -2.15. The second kappa shape index (κ2) is 8.07. The smallest absolute Gasteiger partial charge is 0.125 e. The Labute approximate surface area is 128 Å². The SMILES string of the molecule is CCCc1nnsc1C(O)c1ccccc1OCCOC. The minimum absolute atomic E-state index is 0.447. The molecule has 5 nitrogen and oxygen atoms in total. The van der Waals surface area contributed by atoms with Gasteiger partial charge in [0, 0.05) is 12.7 Å². The molecule has 1 unspecified atom stereocenters. The van der Waals surface area contributed by atoms with E-state index in [1.165, 1.54) is 11.5 Å². The molecule has 0 aliphatic rings. The highest BCUT2D eigenvalue weighted by Gasteiger charge is 2.21. The van der Waals surface area contributed by atoms with Crippen LogP contribution in [0.3, 0.4) is 0 Å². The number of methoxy groups -OCH3 is 1. The van der Waals surface area contributed by atoms with Crippen molar-refractivity contribution < 1.29 is 14.6 Å². The van der Waals surface area contributed by atoms with E-state index in [2.05, 4.69) is 16.5 Å². The van der Waals surface area contributed by atoms with Gasteiger partial charge in [-0.05, 0) is 24.0 Å². The fourth-order valence-corrected chi connectivity index (χ4v) is 2.75. The van der Waals surface area contributed by atoms with E-state index < -0.39 is 6.10 Å². The minimum atomic E-state index is -0.759. The summed E-state index contributed by atoms with van der Waals surface area (Å²) in [6.45, 7) is 3.04. The van der Waals surface area contributed by atoms with Crippen molar-refractivity contribution in [2.75, 3.05) is 20.3 Å². The Balaban J connectivity index is 2.21. The van der Waals surface area contributed by atoms with Gasteiger partial charge in [0.2, 0.25) is 0 Å². The van der Waals surface area contributed by atoms with E-state index in [0.29, 0.717) is 19.0 Å². The standard InChI is InChI=1S/C15H20N2O3S/c1-3-6-12-15(21-17-16-12)14(18)11-7-4-5-8-13(11)20-10-9-19-2/h4-5,7-8,14,18H,3,6,9-10H2,1-2H3. The third-order valence-corrected chi connectivity index (χ3v) is 3.90. The van der Waals surface area contributed by atoms with E-state index >= 15 is 0 Å². The highest BCUT2D eigenvalue weighted by molar-refractivity contribution is 7.05. The largest absolute Gasteiger partial charge is 0.491 e. The Morgan fingerprint density at radius 2 is 2.10 bits per heavy atom. The van der Waals surface area contributed by atoms with Crippen molar-refractivity contribution >= 4 is 11.5 Å². The Bertz CT molecular complexity index is 559. The number of benzene rings is 1. The molecule has 0 saturated carbocycles. The highest BCUT2D eigenvalue weighted by Crippen LogP contribution is 2.33. The van der Waals surface area contributed by atoms with Gasteiger partial charge in [0.15, 0.2) is 0 Å². The van der Waals surface area contributed by atoms with Crippen molar-refractivity contribution in [3.63, 3.8) is 0 Å². The van der Waals surface area contributed by atoms with Gasteiger partial charge in [-0.3, -0.25) is 0 Å². The molecule has 0 spiro atoms. The van der Waals surface area contributed by atoms with Crippen LogP contribution in [-0.2, 0) is 11.2 Å². The van der Waals surface area contributed by atoms with Crippen LogP contribution in [-0.4, -0.2) is 35.0 Å². The van der Waals surface area contributed by atoms with Gasteiger partial charge in [-0.25, -0.2) is 0 Å². The molecule has 0 aliphatic heterocycles. The van der Waals surface area contributed by atoms with Gasteiger partial charge in [-0.1, -0.05) is 36.0 Å². The number of aliphatic hydroxyl groups is 1. The number of hydrogen-bond donors (Lipinski definition) is 1. The molecular formula is C15H20N2O3S. The first kappa shape index (κ1) is 15.9.